The van der Waals surface area contributed by atoms with Crippen LogP contribution in [0.15, 0.2) is 42.5 Å². The molecule has 2 aromatic rings. The molecule has 0 bridgehead atoms. The van der Waals surface area contributed by atoms with Crippen molar-refractivity contribution in [3.05, 3.63) is 59.2 Å². The van der Waals surface area contributed by atoms with Gasteiger partial charge < -0.3 is 20.1 Å². The molecule has 2 N–H and O–H groups in total. The Bertz CT molecular complexity index is 745. The lowest BCUT2D eigenvalue weighted by atomic mass is 9.95. The normalized spacial score (nSPS) is 16.0. The van der Waals surface area contributed by atoms with Crippen LogP contribution in [0.1, 0.15) is 16.7 Å². The maximum Gasteiger partial charge on any atom is 0.237 e. The van der Waals surface area contributed by atoms with Gasteiger partial charge in [-0.15, -0.1) is 0 Å². The summed E-state index contributed by atoms with van der Waals surface area (Å²) < 4.78 is 10.5. The number of hydrogen-bond donors (Lipinski definition) is 2. The monoisotopic (exact) mass is 340 g/mol. The second-order valence-electron chi connectivity index (χ2n) is 6.14. The van der Waals surface area contributed by atoms with Gasteiger partial charge in [-0.2, -0.15) is 0 Å². The number of amides is 1. The minimum Gasteiger partial charge on any atom is -0.493 e. The fourth-order valence-corrected chi connectivity index (χ4v) is 3.13. The number of nitrogens with one attached hydrogen (secondary N) is 2. The molecule has 0 fully saturated rings. The summed E-state index contributed by atoms with van der Waals surface area (Å²) >= 11 is 0. The maximum atomic E-state index is 12.4. The van der Waals surface area contributed by atoms with Crippen molar-refractivity contribution >= 4 is 5.91 Å². The van der Waals surface area contributed by atoms with Crippen molar-refractivity contribution in [2.24, 2.45) is 0 Å². The van der Waals surface area contributed by atoms with Crippen molar-refractivity contribution in [2.45, 2.75) is 25.4 Å². The molecule has 0 radical (unpaired) electrons. The van der Waals surface area contributed by atoms with Crippen LogP contribution in [0.2, 0.25) is 0 Å². The average Bonchev–Trinajstić information content (AvgIpc) is 2.67. The number of methoxy groups -OCH3 is 2. The lowest BCUT2D eigenvalue weighted by molar-refractivity contribution is -0.123. The van der Waals surface area contributed by atoms with Gasteiger partial charge in [-0.3, -0.25) is 4.79 Å². The Hall–Kier alpha value is -2.53. The molecule has 0 spiro atoms. The molecule has 2 aromatic carbocycles. The van der Waals surface area contributed by atoms with Gasteiger partial charge in [-0.1, -0.05) is 30.3 Å². The van der Waals surface area contributed by atoms with Gasteiger partial charge in [0, 0.05) is 13.1 Å². The zero-order valence-electron chi connectivity index (χ0n) is 14.7. The maximum absolute atomic E-state index is 12.4. The van der Waals surface area contributed by atoms with Gasteiger partial charge in [0.05, 0.1) is 20.3 Å². The summed E-state index contributed by atoms with van der Waals surface area (Å²) in [5, 5.41) is 6.33. The van der Waals surface area contributed by atoms with Crippen LogP contribution >= 0.6 is 0 Å². The van der Waals surface area contributed by atoms with E-state index in [1.165, 1.54) is 11.1 Å². The lowest BCUT2D eigenvalue weighted by Crippen LogP contribution is -2.48. The second kappa shape index (κ2) is 8.03. The summed E-state index contributed by atoms with van der Waals surface area (Å²) in [6.45, 7) is 1.33. The van der Waals surface area contributed by atoms with E-state index in [0.29, 0.717) is 18.0 Å². The van der Waals surface area contributed by atoms with Gasteiger partial charge in [-0.25, -0.2) is 0 Å². The van der Waals surface area contributed by atoms with Crippen LogP contribution in [-0.4, -0.2) is 32.7 Å². The first-order valence-electron chi connectivity index (χ1n) is 8.50. The summed E-state index contributed by atoms with van der Waals surface area (Å²) in [5.74, 6) is 1.47. The number of benzene rings is 2. The number of ether oxygens (including phenoxy) is 2. The van der Waals surface area contributed by atoms with Gasteiger partial charge >= 0.3 is 0 Å². The number of carbonyl (C=O) groups is 1. The highest BCUT2D eigenvalue weighted by atomic mass is 16.5. The lowest BCUT2D eigenvalue weighted by Gasteiger charge is -2.25. The highest BCUT2D eigenvalue weighted by molar-refractivity contribution is 5.82. The van der Waals surface area contributed by atoms with Gasteiger partial charge in [0.2, 0.25) is 5.91 Å². The molecular formula is C20H24N2O3. The zero-order chi connectivity index (χ0) is 17.6. The molecule has 25 heavy (non-hydrogen) atoms. The van der Waals surface area contributed by atoms with Crippen molar-refractivity contribution in [1.82, 2.24) is 10.6 Å². The molecule has 1 aliphatic rings. The van der Waals surface area contributed by atoms with E-state index in [9.17, 15) is 4.79 Å². The molecule has 0 aliphatic carbocycles. The van der Waals surface area contributed by atoms with Crippen molar-refractivity contribution < 1.29 is 14.3 Å². The van der Waals surface area contributed by atoms with E-state index < -0.39 is 0 Å². The molecule has 1 aliphatic heterocycles. The van der Waals surface area contributed by atoms with Crippen molar-refractivity contribution in [2.75, 3.05) is 20.8 Å². The number of rotatable bonds is 6. The molecule has 0 saturated carbocycles. The first kappa shape index (κ1) is 17.3. The molecule has 1 heterocycles. The fraction of sp³-hybridized carbons (Fsp3) is 0.350. The highest BCUT2D eigenvalue weighted by Gasteiger charge is 2.23. The standard InChI is InChI=1S/C20H24N2O3/c1-24-18-8-7-14(11-19(18)25-2)9-10-21-20(23)17-12-15-5-3-4-6-16(15)13-22-17/h3-8,11,17,22H,9-10,12-13H2,1-2H3,(H,21,23)/t17-/m1/s1. The van der Waals surface area contributed by atoms with Crippen molar-refractivity contribution in [3.8, 4) is 11.5 Å². The third-order valence-electron chi connectivity index (χ3n) is 4.56. The molecule has 0 aromatic heterocycles. The quantitative estimate of drug-likeness (QED) is 0.845. The van der Waals surface area contributed by atoms with Gasteiger partial charge in [0.1, 0.15) is 0 Å². The predicted molar refractivity (Wildman–Crippen MR) is 97.0 cm³/mol. The molecule has 0 saturated heterocycles. The first-order valence-corrected chi connectivity index (χ1v) is 8.50. The molecule has 132 valence electrons. The van der Waals surface area contributed by atoms with Crippen LogP contribution in [0.4, 0.5) is 0 Å². The van der Waals surface area contributed by atoms with Gasteiger partial charge in [0.15, 0.2) is 11.5 Å². The molecular weight excluding hydrogens is 316 g/mol. The van der Waals surface area contributed by atoms with Crippen LogP contribution in [-0.2, 0) is 24.2 Å². The summed E-state index contributed by atoms with van der Waals surface area (Å²) in [7, 11) is 3.24. The Balaban J connectivity index is 1.52. The van der Waals surface area contributed by atoms with Crippen LogP contribution in [0.25, 0.3) is 0 Å². The van der Waals surface area contributed by atoms with E-state index in [4.69, 9.17) is 9.47 Å². The van der Waals surface area contributed by atoms with E-state index >= 15 is 0 Å². The minimum atomic E-state index is -0.166. The molecule has 5 heteroatoms. The van der Waals surface area contributed by atoms with E-state index in [1.807, 2.05) is 30.3 Å². The zero-order valence-corrected chi connectivity index (χ0v) is 14.7. The topological polar surface area (TPSA) is 59.6 Å². The molecule has 1 atom stereocenters. The molecule has 5 nitrogen and oxygen atoms in total. The summed E-state index contributed by atoms with van der Waals surface area (Å²) in [6.07, 6.45) is 1.48. The highest BCUT2D eigenvalue weighted by Crippen LogP contribution is 2.27. The predicted octanol–water partition coefficient (Wildman–Crippen LogP) is 2.08. The average molecular weight is 340 g/mol. The molecule has 0 unspecified atom stereocenters. The molecule has 3 rings (SSSR count). The number of carbonyl (C=O) groups excluding carboxylic acids is 1. The minimum absolute atomic E-state index is 0.0509. The fourth-order valence-electron chi connectivity index (χ4n) is 3.13. The Kier molecular flexibility index (Phi) is 5.56. The van der Waals surface area contributed by atoms with Crippen molar-refractivity contribution in [3.63, 3.8) is 0 Å². The van der Waals surface area contributed by atoms with E-state index in [1.54, 1.807) is 14.2 Å². The van der Waals surface area contributed by atoms with Crippen LogP contribution in [0, 0.1) is 0 Å². The summed E-state index contributed by atoms with van der Waals surface area (Å²) in [6, 6.07) is 13.9. The number of fused-ring (bicyclic) bond motifs is 1. The first-order chi connectivity index (χ1) is 12.2. The molecule has 1 amide bonds. The summed E-state index contributed by atoms with van der Waals surface area (Å²) in [5.41, 5.74) is 3.62. The van der Waals surface area contributed by atoms with E-state index in [0.717, 1.165) is 24.9 Å². The summed E-state index contributed by atoms with van der Waals surface area (Å²) in [4.78, 5) is 12.4. The Morgan fingerprint density at radius 3 is 2.64 bits per heavy atom. The Labute approximate surface area is 148 Å². The third-order valence-corrected chi connectivity index (χ3v) is 4.56. The van der Waals surface area contributed by atoms with E-state index in [-0.39, 0.29) is 11.9 Å². The Morgan fingerprint density at radius 2 is 1.88 bits per heavy atom. The van der Waals surface area contributed by atoms with Crippen molar-refractivity contribution in [1.29, 1.82) is 0 Å². The SMILES string of the molecule is COc1ccc(CCNC(=O)[C@H]2Cc3ccccc3CN2)cc1OC. The second-order valence-corrected chi connectivity index (χ2v) is 6.14. The smallest absolute Gasteiger partial charge is 0.237 e. The van der Waals surface area contributed by atoms with Crippen LogP contribution < -0.4 is 20.1 Å². The number of hydrogen-bond acceptors (Lipinski definition) is 4. The van der Waals surface area contributed by atoms with Crippen LogP contribution in [0.3, 0.4) is 0 Å². The Morgan fingerprint density at radius 1 is 1.12 bits per heavy atom. The van der Waals surface area contributed by atoms with Gasteiger partial charge in [-0.05, 0) is 41.7 Å². The van der Waals surface area contributed by atoms with Gasteiger partial charge in [0.25, 0.3) is 0 Å². The van der Waals surface area contributed by atoms with E-state index in [2.05, 4.69) is 22.8 Å². The largest absolute Gasteiger partial charge is 0.493 e. The third kappa shape index (κ3) is 4.12. The van der Waals surface area contributed by atoms with Crippen LogP contribution in [0.5, 0.6) is 11.5 Å².